The van der Waals surface area contributed by atoms with Crippen molar-refractivity contribution in [1.29, 1.82) is 0 Å². The number of fused-ring (bicyclic) bond motifs is 5. The Morgan fingerprint density at radius 2 is 0.651 bits per heavy atom. The molecule has 298 valence electrons. The molecule has 0 heteroatoms. The Bertz CT molecular complexity index is 3160. The fraction of sp³-hybridized carbons (Fsp3) is 0.0476. The second kappa shape index (κ2) is 15.9. The molecule has 0 spiro atoms. The second-order valence-corrected chi connectivity index (χ2v) is 17.4. The second-order valence-electron chi connectivity index (χ2n) is 17.4. The van der Waals surface area contributed by atoms with Gasteiger partial charge >= 0.3 is 0 Å². The van der Waals surface area contributed by atoms with E-state index in [0.29, 0.717) is 0 Å². The molecule has 0 N–H and O–H groups in total. The first-order valence-corrected chi connectivity index (χ1v) is 22.0. The lowest BCUT2D eigenvalue weighted by Gasteiger charge is -2.23. The Hall–Kier alpha value is -7.80. The van der Waals surface area contributed by atoms with Crippen molar-refractivity contribution >= 4 is 45.8 Å². The van der Waals surface area contributed by atoms with Gasteiger partial charge in [0.15, 0.2) is 0 Å². The van der Waals surface area contributed by atoms with Crippen LogP contribution >= 0.6 is 0 Å². The van der Waals surface area contributed by atoms with Crippen LogP contribution in [0.15, 0.2) is 218 Å². The molecule has 0 fully saturated rings. The first kappa shape index (κ1) is 38.1. The van der Waals surface area contributed by atoms with Gasteiger partial charge in [0.2, 0.25) is 0 Å². The molecule has 0 atom stereocenters. The average Bonchev–Trinajstić information content (AvgIpc) is 3.57. The van der Waals surface area contributed by atoms with Gasteiger partial charge in [-0.05, 0) is 159 Å². The molecule has 0 heterocycles. The van der Waals surface area contributed by atoms with E-state index in [1.54, 1.807) is 0 Å². The van der Waals surface area contributed by atoms with Crippen molar-refractivity contribution in [3.8, 4) is 55.6 Å². The van der Waals surface area contributed by atoms with Gasteiger partial charge in [0.1, 0.15) is 0 Å². The minimum absolute atomic E-state index is 0.205. The summed E-state index contributed by atoms with van der Waals surface area (Å²) in [5, 5.41) is 5.02. The number of benzene rings is 10. The average molecular weight is 803 g/mol. The van der Waals surface area contributed by atoms with Gasteiger partial charge in [0.25, 0.3) is 0 Å². The first-order chi connectivity index (χ1) is 30.9. The highest BCUT2D eigenvalue weighted by atomic mass is 14.4. The molecule has 0 radical (unpaired) electrons. The van der Waals surface area contributed by atoms with E-state index in [0.717, 1.165) is 0 Å². The summed E-state index contributed by atoms with van der Waals surface area (Å²) in [4.78, 5) is 0. The maximum absolute atomic E-state index is 2.45. The van der Waals surface area contributed by atoms with E-state index in [2.05, 4.69) is 257 Å². The third-order valence-corrected chi connectivity index (χ3v) is 13.0. The molecule has 1 aliphatic carbocycles. The van der Waals surface area contributed by atoms with Crippen LogP contribution < -0.4 is 0 Å². The zero-order valence-corrected chi connectivity index (χ0v) is 35.6. The zero-order chi connectivity index (χ0) is 42.3. The van der Waals surface area contributed by atoms with Crippen LogP contribution in [0.25, 0.3) is 101 Å². The summed E-state index contributed by atoms with van der Waals surface area (Å²) in [6, 6.07) is 80.2. The minimum Gasteiger partial charge on any atom is -0.0622 e. The highest BCUT2D eigenvalue weighted by molar-refractivity contribution is 5.99. The molecule has 10 aromatic rings. The molecular formula is C63H46. The summed E-state index contributed by atoms with van der Waals surface area (Å²) < 4.78 is 0. The van der Waals surface area contributed by atoms with Crippen LogP contribution in [0.3, 0.4) is 0 Å². The lowest BCUT2D eigenvalue weighted by molar-refractivity contribution is 0.661. The summed E-state index contributed by atoms with van der Waals surface area (Å²) in [6.45, 7) is 4.79. The Kier molecular flexibility index (Phi) is 9.63. The van der Waals surface area contributed by atoms with Gasteiger partial charge in [-0.15, -0.1) is 0 Å². The van der Waals surface area contributed by atoms with Gasteiger partial charge in [-0.1, -0.05) is 208 Å². The highest BCUT2D eigenvalue weighted by Crippen LogP contribution is 2.51. The van der Waals surface area contributed by atoms with E-state index in [-0.39, 0.29) is 5.41 Å². The maximum Gasteiger partial charge on any atom is 0.0159 e. The van der Waals surface area contributed by atoms with Crippen LogP contribution in [-0.4, -0.2) is 0 Å². The molecular weight excluding hydrogens is 757 g/mol. The normalized spacial score (nSPS) is 12.9. The van der Waals surface area contributed by atoms with Crippen LogP contribution in [0, 0.1) is 0 Å². The lowest BCUT2D eigenvalue weighted by Crippen LogP contribution is -2.15. The van der Waals surface area contributed by atoms with E-state index in [4.69, 9.17) is 0 Å². The zero-order valence-electron chi connectivity index (χ0n) is 35.6. The number of hydrogen-bond acceptors (Lipinski definition) is 0. The largest absolute Gasteiger partial charge is 0.0622 e. The minimum atomic E-state index is -0.205. The van der Waals surface area contributed by atoms with Crippen molar-refractivity contribution < 1.29 is 0 Å². The molecule has 10 aromatic carbocycles. The number of rotatable bonds is 8. The fourth-order valence-corrected chi connectivity index (χ4v) is 9.70. The Morgan fingerprint density at radius 3 is 1.11 bits per heavy atom. The van der Waals surface area contributed by atoms with Gasteiger partial charge in [0.05, 0.1) is 0 Å². The monoisotopic (exact) mass is 802 g/mol. The maximum atomic E-state index is 2.45. The Morgan fingerprint density at radius 1 is 0.270 bits per heavy atom. The van der Waals surface area contributed by atoms with Crippen molar-refractivity contribution in [2.24, 2.45) is 0 Å². The lowest BCUT2D eigenvalue weighted by atomic mass is 9.80. The molecule has 0 saturated carbocycles. The molecule has 11 rings (SSSR count). The molecule has 0 amide bonds. The van der Waals surface area contributed by atoms with Gasteiger partial charge < -0.3 is 0 Å². The number of hydrogen-bond donors (Lipinski definition) is 0. The molecule has 0 nitrogen and oxygen atoms in total. The summed E-state index contributed by atoms with van der Waals surface area (Å²) in [7, 11) is 0. The van der Waals surface area contributed by atoms with E-state index < -0.39 is 0 Å². The third kappa shape index (κ3) is 7.30. The molecule has 0 unspecified atom stereocenters. The molecule has 0 bridgehead atoms. The van der Waals surface area contributed by atoms with Crippen LogP contribution in [0.2, 0.25) is 0 Å². The van der Waals surface area contributed by atoms with Crippen LogP contribution in [0.5, 0.6) is 0 Å². The summed E-state index contributed by atoms with van der Waals surface area (Å²) in [6.07, 6.45) is 8.93. The fourth-order valence-electron chi connectivity index (χ4n) is 9.70. The van der Waals surface area contributed by atoms with Gasteiger partial charge in [-0.25, -0.2) is 0 Å². The molecule has 63 heavy (non-hydrogen) atoms. The van der Waals surface area contributed by atoms with E-state index in [1.807, 2.05) is 0 Å². The molecule has 0 aliphatic heterocycles. The van der Waals surface area contributed by atoms with Gasteiger partial charge in [-0.3, -0.25) is 0 Å². The van der Waals surface area contributed by atoms with Crippen LogP contribution in [0.1, 0.15) is 47.2 Å². The standard InChI is InChI=1S/C63H46/c1-63(2)61-41-49(51-35-45(29-27-43-15-5-3-6-16-43)37-53(39-51)57-25-13-21-47-19-9-11-23-55(47)57)31-33-59(61)60-34-32-50(42-62(60)63)52-36-46(30-28-44-17-7-4-8-18-44)38-54(40-52)58-26-14-22-48-20-10-12-24-56(48)58/h3-42H,1-2H3. The van der Waals surface area contributed by atoms with Crippen molar-refractivity contribution in [2.75, 3.05) is 0 Å². The third-order valence-electron chi connectivity index (χ3n) is 13.0. The Balaban J connectivity index is 0.999. The SMILES string of the molecule is CC1(C)c2cc(-c3cc(C=Cc4ccccc4)cc(-c4cccc5ccccc45)c3)ccc2-c2ccc(-c3cc(C=Cc4ccccc4)cc(-c4cccc5ccccc45)c3)cc21. The van der Waals surface area contributed by atoms with E-state index >= 15 is 0 Å². The summed E-state index contributed by atoms with van der Waals surface area (Å²) in [5.74, 6) is 0. The highest BCUT2D eigenvalue weighted by Gasteiger charge is 2.36. The topological polar surface area (TPSA) is 0 Å². The van der Waals surface area contributed by atoms with E-state index in [9.17, 15) is 0 Å². The summed E-state index contributed by atoms with van der Waals surface area (Å²) >= 11 is 0. The van der Waals surface area contributed by atoms with Gasteiger partial charge in [0, 0.05) is 5.41 Å². The van der Waals surface area contributed by atoms with E-state index in [1.165, 1.54) is 111 Å². The predicted octanol–water partition coefficient (Wildman–Crippen LogP) is 17.3. The quantitative estimate of drug-likeness (QED) is 0.134. The van der Waals surface area contributed by atoms with Crippen molar-refractivity contribution in [3.63, 3.8) is 0 Å². The smallest absolute Gasteiger partial charge is 0.0159 e. The van der Waals surface area contributed by atoms with Crippen molar-refractivity contribution in [1.82, 2.24) is 0 Å². The molecule has 1 aliphatic rings. The van der Waals surface area contributed by atoms with Crippen molar-refractivity contribution in [3.05, 3.63) is 252 Å². The van der Waals surface area contributed by atoms with Gasteiger partial charge in [-0.2, -0.15) is 0 Å². The molecule has 0 aromatic heterocycles. The van der Waals surface area contributed by atoms with Crippen molar-refractivity contribution in [2.45, 2.75) is 19.3 Å². The summed E-state index contributed by atoms with van der Waals surface area (Å²) in [5.41, 5.74) is 19.7. The first-order valence-electron chi connectivity index (χ1n) is 22.0. The van der Waals surface area contributed by atoms with Crippen LogP contribution in [-0.2, 0) is 5.41 Å². The predicted molar refractivity (Wildman–Crippen MR) is 272 cm³/mol. The molecule has 0 saturated heterocycles. The van der Waals surface area contributed by atoms with Crippen LogP contribution in [0.4, 0.5) is 0 Å². The Labute approximate surface area is 370 Å².